The van der Waals surface area contributed by atoms with Crippen LogP contribution in [0.15, 0.2) is 18.2 Å². The Bertz CT molecular complexity index is 624. The number of nitrogens with zero attached hydrogens (tertiary/aromatic N) is 2. The number of rotatable bonds is 6. The van der Waals surface area contributed by atoms with E-state index in [2.05, 4.69) is 0 Å². The molecule has 6 nitrogen and oxygen atoms in total. The lowest BCUT2D eigenvalue weighted by Gasteiger charge is -2.21. The third-order valence-corrected chi connectivity index (χ3v) is 3.75. The molecule has 0 saturated heterocycles. The van der Waals surface area contributed by atoms with Gasteiger partial charge in [0.05, 0.1) is 10.5 Å². The molecule has 10 heteroatoms. The van der Waals surface area contributed by atoms with Gasteiger partial charge >= 0.3 is 6.18 Å². The van der Waals surface area contributed by atoms with Gasteiger partial charge in [-0.2, -0.15) is 13.2 Å². The van der Waals surface area contributed by atoms with Crippen molar-refractivity contribution in [1.82, 2.24) is 4.90 Å². The van der Waals surface area contributed by atoms with Gasteiger partial charge in [-0.05, 0) is 24.5 Å². The predicted octanol–water partition coefficient (Wildman–Crippen LogP) is 3.48. The zero-order chi connectivity index (χ0) is 18.7. The van der Waals surface area contributed by atoms with E-state index < -0.39 is 28.3 Å². The minimum absolute atomic E-state index is 0. The lowest BCUT2D eigenvalue weighted by atomic mass is 10.0. The fraction of sp³-hybridized carbons (Fsp3) is 0.533. The van der Waals surface area contributed by atoms with E-state index in [9.17, 15) is 28.1 Å². The number of hydrogen-bond acceptors (Lipinski definition) is 4. The number of nitrogens with two attached hydrogens (primary N) is 1. The summed E-state index contributed by atoms with van der Waals surface area (Å²) in [6.07, 6.45) is -4.24. The molecule has 0 heterocycles. The molecule has 1 atom stereocenters. The van der Waals surface area contributed by atoms with Crippen LogP contribution in [0.1, 0.15) is 36.2 Å². The molecule has 142 valence electrons. The third-order valence-electron chi connectivity index (χ3n) is 3.75. The van der Waals surface area contributed by atoms with Crippen molar-refractivity contribution in [1.29, 1.82) is 0 Å². The van der Waals surface area contributed by atoms with E-state index in [0.717, 1.165) is 6.07 Å². The first-order chi connectivity index (χ1) is 10.9. The number of carbonyl (C=O) groups excluding carboxylic acids is 1. The van der Waals surface area contributed by atoms with Crippen LogP contribution in [0.5, 0.6) is 0 Å². The second-order valence-electron chi connectivity index (χ2n) is 5.91. The van der Waals surface area contributed by atoms with Gasteiger partial charge in [0.15, 0.2) is 0 Å². The molecule has 1 rings (SSSR count). The first kappa shape index (κ1) is 23.1. The first-order valence-corrected chi connectivity index (χ1v) is 7.31. The summed E-state index contributed by atoms with van der Waals surface area (Å²) in [4.78, 5) is 23.6. The summed E-state index contributed by atoms with van der Waals surface area (Å²) in [6.45, 7) is 4.09. The molecule has 0 saturated carbocycles. The Kier molecular flexibility index (Phi) is 8.33. The molecule has 1 aromatic rings. The summed E-state index contributed by atoms with van der Waals surface area (Å²) in [6, 6.07) is 1.72. The number of alkyl halides is 3. The average molecular weight is 384 g/mol. The van der Waals surface area contributed by atoms with E-state index >= 15 is 0 Å². The molecule has 0 radical (unpaired) electrons. The van der Waals surface area contributed by atoms with Gasteiger partial charge in [-0.25, -0.2) is 0 Å². The van der Waals surface area contributed by atoms with E-state index in [4.69, 9.17) is 5.73 Å². The third kappa shape index (κ3) is 6.17. The second kappa shape index (κ2) is 9.00. The number of nitro groups is 1. The van der Waals surface area contributed by atoms with E-state index in [1.807, 2.05) is 13.8 Å². The van der Waals surface area contributed by atoms with Crippen molar-refractivity contribution in [2.75, 3.05) is 13.6 Å². The highest BCUT2D eigenvalue weighted by molar-refractivity contribution is 5.98. The van der Waals surface area contributed by atoms with Crippen molar-refractivity contribution in [3.63, 3.8) is 0 Å². The number of amides is 1. The Morgan fingerprint density at radius 1 is 1.36 bits per heavy atom. The summed E-state index contributed by atoms with van der Waals surface area (Å²) in [7, 11) is 1.43. The van der Waals surface area contributed by atoms with Gasteiger partial charge < -0.3 is 10.6 Å². The van der Waals surface area contributed by atoms with Crippen molar-refractivity contribution in [2.45, 2.75) is 32.5 Å². The molecule has 1 amide bonds. The lowest BCUT2D eigenvalue weighted by Crippen LogP contribution is -2.34. The van der Waals surface area contributed by atoms with Crippen LogP contribution < -0.4 is 5.73 Å². The van der Waals surface area contributed by atoms with Gasteiger partial charge in [0.1, 0.15) is 5.56 Å². The Hall–Kier alpha value is -1.87. The maximum atomic E-state index is 12.7. The molecule has 0 spiro atoms. The molecule has 2 N–H and O–H groups in total. The van der Waals surface area contributed by atoms with Crippen LogP contribution in [0, 0.1) is 16.0 Å². The van der Waals surface area contributed by atoms with E-state index in [-0.39, 0.29) is 36.5 Å². The van der Waals surface area contributed by atoms with Crippen LogP contribution in [0.4, 0.5) is 18.9 Å². The van der Waals surface area contributed by atoms with Crippen LogP contribution in [-0.4, -0.2) is 35.4 Å². The molecule has 0 aliphatic carbocycles. The van der Waals surface area contributed by atoms with Gasteiger partial charge in [0, 0.05) is 25.7 Å². The Morgan fingerprint density at radius 3 is 2.36 bits per heavy atom. The molecule has 0 bridgehead atoms. The maximum absolute atomic E-state index is 12.7. The topological polar surface area (TPSA) is 89.5 Å². The van der Waals surface area contributed by atoms with Crippen molar-refractivity contribution in [3.05, 3.63) is 39.4 Å². The van der Waals surface area contributed by atoms with E-state index in [1.54, 1.807) is 0 Å². The fourth-order valence-corrected chi connectivity index (χ4v) is 2.02. The largest absolute Gasteiger partial charge is 0.416 e. The normalized spacial score (nSPS) is 12.5. The Morgan fingerprint density at radius 2 is 1.92 bits per heavy atom. The number of halogens is 4. The van der Waals surface area contributed by atoms with Crippen LogP contribution in [-0.2, 0) is 6.18 Å². The van der Waals surface area contributed by atoms with Crippen molar-refractivity contribution >= 4 is 24.0 Å². The summed E-state index contributed by atoms with van der Waals surface area (Å²) in [5, 5.41) is 11.0. The molecular weight excluding hydrogens is 363 g/mol. The number of nitro benzene ring substituents is 1. The highest BCUT2D eigenvalue weighted by atomic mass is 35.5. The summed E-state index contributed by atoms with van der Waals surface area (Å²) in [5.74, 6) is -0.514. The minimum atomic E-state index is -4.72. The molecule has 0 fully saturated rings. The molecule has 0 aliphatic heterocycles. The molecular formula is C15H21ClF3N3O3. The van der Waals surface area contributed by atoms with Crippen molar-refractivity contribution in [2.24, 2.45) is 11.7 Å². The molecule has 1 unspecified atom stereocenters. The van der Waals surface area contributed by atoms with Crippen LogP contribution in [0.25, 0.3) is 0 Å². The number of hydrogen-bond donors (Lipinski definition) is 1. The molecule has 1 aromatic carbocycles. The van der Waals surface area contributed by atoms with Crippen LogP contribution >= 0.6 is 12.4 Å². The SMILES string of the molecule is CC(C)C(N)CCN(C)C(=O)c1ccc(C(F)(F)F)cc1[N+](=O)[O-].Cl. The van der Waals surface area contributed by atoms with E-state index in [0.29, 0.717) is 18.6 Å². The molecule has 0 aromatic heterocycles. The lowest BCUT2D eigenvalue weighted by molar-refractivity contribution is -0.385. The summed E-state index contributed by atoms with van der Waals surface area (Å²) >= 11 is 0. The Labute approximate surface area is 149 Å². The zero-order valence-electron chi connectivity index (χ0n) is 14.0. The average Bonchev–Trinajstić information content (AvgIpc) is 2.49. The summed E-state index contributed by atoms with van der Waals surface area (Å²) < 4.78 is 38.0. The number of benzene rings is 1. The summed E-state index contributed by atoms with van der Waals surface area (Å²) in [5.41, 5.74) is 3.46. The van der Waals surface area contributed by atoms with Gasteiger partial charge in [-0.1, -0.05) is 13.8 Å². The number of carbonyl (C=O) groups is 1. The van der Waals surface area contributed by atoms with Crippen LogP contribution in [0.3, 0.4) is 0 Å². The quantitative estimate of drug-likeness (QED) is 0.601. The maximum Gasteiger partial charge on any atom is 0.416 e. The second-order valence-corrected chi connectivity index (χ2v) is 5.91. The monoisotopic (exact) mass is 383 g/mol. The fourth-order valence-electron chi connectivity index (χ4n) is 2.02. The predicted molar refractivity (Wildman–Crippen MR) is 89.7 cm³/mol. The standard InChI is InChI=1S/C15H20F3N3O3.ClH/c1-9(2)12(19)6-7-20(3)14(22)11-5-4-10(15(16,17)18)8-13(11)21(23)24;/h4-5,8-9,12H,6-7,19H2,1-3H3;1H. The smallest absolute Gasteiger partial charge is 0.341 e. The van der Waals surface area contributed by atoms with Crippen molar-refractivity contribution < 1.29 is 22.9 Å². The first-order valence-electron chi connectivity index (χ1n) is 7.31. The van der Waals surface area contributed by atoms with Gasteiger partial charge in [0.2, 0.25) is 0 Å². The van der Waals surface area contributed by atoms with Crippen LogP contribution in [0.2, 0.25) is 0 Å². The molecule has 0 aliphatic rings. The molecule has 25 heavy (non-hydrogen) atoms. The zero-order valence-corrected chi connectivity index (χ0v) is 14.9. The Balaban J connectivity index is 0.00000576. The minimum Gasteiger partial charge on any atom is -0.341 e. The highest BCUT2D eigenvalue weighted by Gasteiger charge is 2.34. The van der Waals surface area contributed by atoms with E-state index in [1.165, 1.54) is 11.9 Å². The van der Waals surface area contributed by atoms with Gasteiger partial charge in [-0.15, -0.1) is 12.4 Å². The van der Waals surface area contributed by atoms with Gasteiger partial charge in [-0.3, -0.25) is 14.9 Å². The highest BCUT2D eigenvalue weighted by Crippen LogP contribution is 2.33. The van der Waals surface area contributed by atoms with Gasteiger partial charge in [0.25, 0.3) is 11.6 Å². The van der Waals surface area contributed by atoms with Crippen molar-refractivity contribution in [3.8, 4) is 0 Å².